The van der Waals surface area contributed by atoms with E-state index in [0.717, 1.165) is 6.04 Å². The summed E-state index contributed by atoms with van der Waals surface area (Å²) in [7, 11) is -1.35. The molecule has 0 heterocycles. The monoisotopic (exact) mass is 235 g/mol. The minimum atomic E-state index is -1.35. The molecule has 90 valence electrons. The van der Waals surface area contributed by atoms with E-state index in [9.17, 15) is 0 Å². The summed E-state index contributed by atoms with van der Waals surface area (Å²) < 4.78 is 0. The molecule has 1 nitrogen and oxygen atoms in total. The van der Waals surface area contributed by atoms with Crippen LogP contribution in [0.3, 0.4) is 0 Å². The summed E-state index contributed by atoms with van der Waals surface area (Å²) >= 11 is 0. The Hall–Kier alpha value is -0.343. The van der Waals surface area contributed by atoms with Crippen LogP contribution < -0.4 is 4.98 Å². The fourth-order valence-corrected chi connectivity index (χ4v) is 6.39. The molecule has 0 aromatic heterocycles. The summed E-state index contributed by atoms with van der Waals surface area (Å²) in [6.07, 6.45) is 12.9. The molecule has 1 saturated carbocycles. The van der Waals surface area contributed by atoms with Crippen molar-refractivity contribution in [2.24, 2.45) is 0 Å². The molecule has 0 bridgehead atoms. The summed E-state index contributed by atoms with van der Waals surface area (Å²) in [6, 6.07) is 0.802. The average Bonchev–Trinajstić information content (AvgIpc) is 2.66. The van der Waals surface area contributed by atoms with Gasteiger partial charge in [-0.1, -0.05) is 55.3 Å². The molecule has 2 aliphatic rings. The molecule has 0 spiro atoms. The van der Waals surface area contributed by atoms with Crippen molar-refractivity contribution >= 4 is 8.24 Å². The minimum Gasteiger partial charge on any atom is -0.331 e. The normalized spacial score (nSPS) is 23.2. The number of hydrogen-bond donors (Lipinski definition) is 1. The first kappa shape index (κ1) is 12.1. The molecule has 16 heavy (non-hydrogen) atoms. The van der Waals surface area contributed by atoms with Crippen LogP contribution in [0.25, 0.3) is 0 Å². The largest absolute Gasteiger partial charge is 0.331 e. The maximum absolute atomic E-state index is 4.01. The van der Waals surface area contributed by atoms with Crippen molar-refractivity contribution in [1.82, 2.24) is 4.98 Å². The molecule has 2 aliphatic carbocycles. The number of rotatable bonds is 3. The van der Waals surface area contributed by atoms with Crippen LogP contribution in [0.15, 0.2) is 22.9 Å². The van der Waals surface area contributed by atoms with Crippen LogP contribution in [-0.2, 0) is 0 Å². The van der Waals surface area contributed by atoms with Gasteiger partial charge in [0.2, 0.25) is 0 Å². The first-order valence-electron chi connectivity index (χ1n) is 6.74. The van der Waals surface area contributed by atoms with E-state index < -0.39 is 8.24 Å². The number of hydrogen-bond acceptors (Lipinski definition) is 1. The zero-order valence-corrected chi connectivity index (χ0v) is 12.0. The molecule has 0 aromatic rings. The third-order valence-corrected chi connectivity index (χ3v) is 7.33. The minimum absolute atomic E-state index is 0.802. The quantitative estimate of drug-likeness (QED) is 0.731. The lowest BCUT2D eigenvalue weighted by molar-refractivity contribution is 0.414. The zero-order valence-electron chi connectivity index (χ0n) is 11.0. The van der Waals surface area contributed by atoms with Crippen molar-refractivity contribution in [3.05, 3.63) is 22.9 Å². The Morgan fingerprint density at radius 3 is 2.44 bits per heavy atom. The Kier molecular flexibility index (Phi) is 3.70. The molecule has 1 fully saturated rings. The molecule has 0 unspecified atom stereocenters. The summed E-state index contributed by atoms with van der Waals surface area (Å²) in [4.78, 5) is 4.01. The molecule has 0 aromatic carbocycles. The Morgan fingerprint density at radius 2 is 1.88 bits per heavy atom. The first-order valence-corrected chi connectivity index (χ1v) is 9.74. The Balaban J connectivity index is 1.99. The Bertz CT molecular complexity index is 309. The fourth-order valence-electron chi connectivity index (χ4n) is 3.21. The summed E-state index contributed by atoms with van der Waals surface area (Å²) in [5.41, 5.74) is 1.53. The lowest BCUT2D eigenvalue weighted by atomic mass is 9.96. The van der Waals surface area contributed by atoms with Crippen molar-refractivity contribution in [2.45, 2.75) is 64.6 Å². The fraction of sp³-hybridized carbons (Fsp3) is 0.714. The van der Waals surface area contributed by atoms with Gasteiger partial charge < -0.3 is 4.98 Å². The van der Waals surface area contributed by atoms with Gasteiger partial charge in [0.15, 0.2) is 0 Å². The van der Waals surface area contributed by atoms with Crippen molar-refractivity contribution in [3.63, 3.8) is 0 Å². The maximum atomic E-state index is 4.01. The van der Waals surface area contributed by atoms with Crippen LogP contribution in [0, 0.1) is 0 Å². The smallest absolute Gasteiger partial charge is 0.148 e. The average molecular weight is 235 g/mol. The van der Waals surface area contributed by atoms with Gasteiger partial charge in [-0.05, 0) is 26.2 Å². The molecule has 0 radical (unpaired) electrons. The highest BCUT2D eigenvalue weighted by Crippen LogP contribution is 2.28. The summed E-state index contributed by atoms with van der Waals surface area (Å²) in [6.45, 7) is 7.23. The Labute approximate surface area is 101 Å². The van der Waals surface area contributed by atoms with E-state index in [4.69, 9.17) is 0 Å². The van der Waals surface area contributed by atoms with Crippen LogP contribution in [0.2, 0.25) is 13.1 Å². The molecule has 0 atom stereocenters. The van der Waals surface area contributed by atoms with Gasteiger partial charge in [0.1, 0.15) is 8.24 Å². The highest BCUT2D eigenvalue weighted by Gasteiger charge is 2.31. The molecule has 0 aliphatic heterocycles. The Morgan fingerprint density at radius 1 is 1.19 bits per heavy atom. The second kappa shape index (κ2) is 4.88. The topological polar surface area (TPSA) is 12.0 Å². The van der Waals surface area contributed by atoms with Crippen molar-refractivity contribution in [3.8, 4) is 0 Å². The van der Waals surface area contributed by atoms with Crippen molar-refractivity contribution in [2.75, 3.05) is 0 Å². The highest BCUT2D eigenvalue weighted by molar-refractivity contribution is 6.82. The SMILES string of the molecule is CC1=C([Si](C)(C)NC2CCCCC2)CC=C1. The molecule has 0 amide bonds. The van der Waals surface area contributed by atoms with Crippen LogP contribution in [-0.4, -0.2) is 14.3 Å². The van der Waals surface area contributed by atoms with Crippen molar-refractivity contribution in [1.29, 1.82) is 0 Å². The van der Waals surface area contributed by atoms with Gasteiger partial charge >= 0.3 is 0 Å². The van der Waals surface area contributed by atoms with E-state index in [1.807, 2.05) is 0 Å². The van der Waals surface area contributed by atoms with E-state index >= 15 is 0 Å². The second-order valence-corrected chi connectivity index (χ2v) is 10.0. The predicted octanol–water partition coefficient (Wildman–Crippen LogP) is 3.93. The van der Waals surface area contributed by atoms with Gasteiger partial charge in [-0.25, -0.2) is 0 Å². The van der Waals surface area contributed by atoms with Gasteiger partial charge in [0.05, 0.1) is 0 Å². The highest BCUT2D eigenvalue weighted by atomic mass is 28.3. The van der Waals surface area contributed by atoms with E-state index in [0.29, 0.717) is 0 Å². The van der Waals surface area contributed by atoms with Crippen LogP contribution in [0.1, 0.15) is 45.4 Å². The molecule has 0 saturated heterocycles. The maximum Gasteiger partial charge on any atom is 0.148 e. The van der Waals surface area contributed by atoms with Gasteiger partial charge in [0, 0.05) is 6.04 Å². The van der Waals surface area contributed by atoms with Crippen LogP contribution >= 0.6 is 0 Å². The van der Waals surface area contributed by atoms with E-state index in [2.05, 4.69) is 37.2 Å². The van der Waals surface area contributed by atoms with E-state index in [-0.39, 0.29) is 0 Å². The van der Waals surface area contributed by atoms with Gasteiger partial charge in [0.25, 0.3) is 0 Å². The molecular weight excluding hydrogens is 210 g/mol. The zero-order chi connectivity index (χ0) is 11.6. The molecule has 2 rings (SSSR count). The molecule has 2 heteroatoms. The summed E-state index contributed by atoms with van der Waals surface area (Å²) in [5.74, 6) is 0. The molecular formula is C14H25NSi. The standard InChI is InChI=1S/C14H25NSi/c1-12-8-7-11-14(12)16(2,3)15-13-9-5-4-6-10-13/h7-8,13,15H,4-6,9-11H2,1-3H3. The van der Waals surface area contributed by atoms with Crippen LogP contribution in [0.4, 0.5) is 0 Å². The predicted molar refractivity (Wildman–Crippen MR) is 73.9 cm³/mol. The number of nitrogens with one attached hydrogen (secondary N) is 1. The first-order chi connectivity index (χ1) is 7.59. The molecule has 1 N–H and O–H groups in total. The summed E-state index contributed by atoms with van der Waals surface area (Å²) in [5, 5.41) is 1.72. The second-order valence-electron chi connectivity index (χ2n) is 5.87. The third kappa shape index (κ3) is 2.66. The van der Waals surface area contributed by atoms with Gasteiger partial charge in [-0.2, -0.15) is 0 Å². The van der Waals surface area contributed by atoms with Crippen molar-refractivity contribution < 1.29 is 0 Å². The van der Waals surface area contributed by atoms with E-state index in [1.54, 1.807) is 5.20 Å². The number of allylic oxidation sites excluding steroid dienone is 4. The lowest BCUT2D eigenvalue weighted by Crippen LogP contribution is -2.52. The third-order valence-electron chi connectivity index (χ3n) is 4.09. The van der Waals surface area contributed by atoms with E-state index in [1.165, 1.54) is 44.1 Å². The van der Waals surface area contributed by atoms with Gasteiger partial charge in [-0.15, -0.1) is 0 Å². The van der Waals surface area contributed by atoms with Crippen LogP contribution in [0.5, 0.6) is 0 Å². The lowest BCUT2D eigenvalue weighted by Gasteiger charge is -2.34. The van der Waals surface area contributed by atoms with Gasteiger partial charge in [-0.3, -0.25) is 0 Å².